The molecule has 114 valence electrons. The molecule has 0 saturated heterocycles. The highest BCUT2D eigenvalue weighted by Gasteiger charge is 2.17. The van der Waals surface area contributed by atoms with Gasteiger partial charge < -0.3 is 4.74 Å². The molecule has 5 nitrogen and oxygen atoms in total. The zero-order valence-electron chi connectivity index (χ0n) is 13.1. The molecular weight excluding hydrogens is 276 g/mol. The molecule has 22 heavy (non-hydrogen) atoms. The van der Waals surface area contributed by atoms with Crippen molar-refractivity contribution in [1.29, 1.82) is 0 Å². The topological polar surface area (TPSA) is 42.7 Å². The molecule has 1 atom stereocenters. The molecule has 0 aliphatic carbocycles. The number of hydrogen-bond donors (Lipinski definition) is 0. The predicted molar refractivity (Wildman–Crippen MR) is 85.9 cm³/mol. The van der Waals surface area contributed by atoms with Gasteiger partial charge in [-0.05, 0) is 26.1 Å². The molecule has 2 aromatic heterocycles. The van der Waals surface area contributed by atoms with E-state index < -0.39 is 0 Å². The number of benzene rings is 1. The van der Waals surface area contributed by atoms with Crippen LogP contribution in [0.5, 0.6) is 5.75 Å². The van der Waals surface area contributed by atoms with E-state index in [4.69, 9.17) is 4.74 Å². The third-order valence-corrected chi connectivity index (χ3v) is 4.03. The van der Waals surface area contributed by atoms with Gasteiger partial charge >= 0.3 is 0 Å². The average molecular weight is 296 g/mol. The second-order valence-corrected chi connectivity index (χ2v) is 5.37. The Bertz CT molecular complexity index is 768. The van der Waals surface area contributed by atoms with Crippen LogP contribution in [0, 0.1) is 0 Å². The fourth-order valence-electron chi connectivity index (χ4n) is 2.64. The highest BCUT2D eigenvalue weighted by Crippen LogP contribution is 2.28. The average Bonchev–Trinajstić information content (AvgIpc) is 2.97. The highest BCUT2D eigenvalue weighted by molar-refractivity contribution is 5.36. The van der Waals surface area contributed by atoms with Crippen molar-refractivity contribution in [2.75, 3.05) is 14.2 Å². The number of ether oxygens (including phenoxy) is 1. The molecule has 0 aliphatic rings. The van der Waals surface area contributed by atoms with Crippen molar-refractivity contribution in [3.05, 3.63) is 60.2 Å². The number of rotatable bonds is 5. The van der Waals surface area contributed by atoms with Crippen molar-refractivity contribution in [3.63, 3.8) is 0 Å². The second kappa shape index (κ2) is 6.15. The molecule has 2 heterocycles. The minimum atomic E-state index is 0.235. The van der Waals surface area contributed by atoms with Crippen LogP contribution in [0.2, 0.25) is 0 Å². The van der Waals surface area contributed by atoms with Gasteiger partial charge in [0, 0.05) is 30.5 Å². The van der Waals surface area contributed by atoms with E-state index in [1.54, 1.807) is 13.3 Å². The molecule has 3 aromatic rings. The summed E-state index contributed by atoms with van der Waals surface area (Å²) in [6, 6.07) is 10.3. The molecule has 1 aromatic carbocycles. The molecule has 0 fully saturated rings. The summed E-state index contributed by atoms with van der Waals surface area (Å²) in [5.74, 6) is 1.65. The summed E-state index contributed by atoms with van der Waals surface area (Å²) in [6.07, 6.45) is 5.63. The zero-order chi connectivity index (χ0) is 15.5. The number of para-hydroxylation sites is 1. The van der Waals surface area contributed by atoms with Crippen molar-refractivity contribution in [1.82, 2.24) is 19.3 Å². The molecule has 0 unspecified atom stereocenters. The first-order valence-electron chi connectivity index (χ1n) is 7.31. The maximum atomic E-state index is 5.47. The van der Waals surface area contributed by atoms with Crippen molar-refractivity contribution in [2.45, 2.75) is 19.5 Å². The summed E-state index contributed by atoms with van der Waals surface area (Å²) in [5, 5.41) is 0. The summed E-state index contributed by atoms with van der Waals surface area (Å²) >= 11 is 0. The SMILES string of the molecule is COc1ccccc1[C@H](C)N(C)Cc1cnc2ncccn12. The van der Waals surface area contributed by atoms with Gasteiger partial charge in [0.15, 0.2) is 0 Å². The van der Waals surface area contributed by atoms with E-state index in [1.807, 2.05) is 41.1 Å². The van der Waals surface area contributed by atoms with E-state index in [0.717, 1.165) is 23.8 Å². The maximum Gasteiger partial charge on any atom is 0.233 e. The lowest BCUT2D eigenvalue weighted by Gasteiger charge is -2.26. The minimum absolute atomic E-state index is 0.235. The van der Waals surface area contributed by atoms with E-state index in [2.05, 4.69) is 34.9 Å². The van der Waals surface area contributed by atoms with E-state index in [9.17, 15) is 0 Å². The summed E-state index contributed by atoms with van der Waals surface area (Å²) < 4.78 is 7.49. The summed E-state index contributed by atoms with van der Waals surface area (Å²) in [5.41, 5.74) is 2.30. The van der Waals surface area contributed by atoms with Gasteiger partial charge in [0.1, 0.15) is 5.75 Å². The standard InChI is InChI=1S/C17H20N4O/c1-13(15-7-4-5-8-16(15)22-3)20(2)12-14-11-19-17-18-9-6-10-21(14)17/h4-11,13H,12H2,1-3H3/t13-/m0/s1. The quantitative estimate of drug-likeness (QED) is 0.726. The van der Waals surface area contributed by atoms with Gasteiger partial charge in [-0.15, -0.1) is 0 Å². The van der Waals surface area contributed by atoms with E-state index >= 15 is 0 Å². The molecule has 0 radical (unpaired) electrons. The monoisotopic (exact) mass is 296 g/mol. The molecule has 5 heteroatoms. The number of methoxy groups -OCH3 is 1. The van der Waals surface area contributed by atoms with Crippen LogP contribution in [0.25, 0.3) is 5.78 Å². The Kier molecular flexibility index (Phi) is 4.06. The van der Waals surface area contributed by atoms with Gasteiger partial charge in [-0.3, -0.25) is 9.30 Å². The first-order chi connectivity index (χ1) is 10.7. The van der Waals surface area contributed by atoms with E-state index in [1.165, 1.54) is 5.56 Å². The van der Waals surface area contributed by atoms with Crippen LogP contribution >= 0.6 is 0 Å². The van der Waals surface area contributed by atoms with Crippen LogP contribution < -0.4 is 4.74 Å². The number of hydrogen-bond acceptors (Lipinski definition) is 4. The van der Waals surface area contributed by atoms with Crippen LogP contribution in [-0.2, 0) is 6.54 Å². The lowest BCUT2D eigenvalue weighted by Crippen LogP contribution is -2.23. The maximum absolute atomic E-state index is 5.47. The fourth-order valence-corrected chi connectivity index (χ4v) is 2.64. The van der Waals surface area contributed by atoms with E-state index in [0.29, 0.717) is 0 Å². The Balaban J connectivity index is 1.83. The minimum Gasteiger partial charge on any atom is -0.496 e. The molecule has 0 aliphatic heterocycles. The first-order valence-corrected chi connectivity index (χ1v) is 7.31. The molecule has 0 amide bonds. The molecule has 3 rings (SSSR count). The van der Waals surface area contributed by atoms with Crippen LogP contribution in [0.3, 0.4) is 0 Å². The molecular formula is C17H20N4O. The summed E-state index contributed by atoms with van der Waals surface area (Å²) in [4.78, 5) is 10.9. The molecule has 0 saturated carbocycles. The van der Waals surface area contributed by atoms with Gasteiger partial charge in [0.25, 0.3) is 0 Å². The van der Waals surface area contributed by atoms with E-state index in [-0.39, 0.29) is 6.04 Å². The third kappa shape index (κ3) is 2.67. The Morgan fingerprint density at radius 3 is 2.86 bits per heavy atom. The zero-order valence-corrected chi connectivity index (χ0v) is 13.1. The third-order valence-electron chi connectivity index (χ3n) is 4.03. The Morgan fingerprint density at radius 2 is 2.05 bits per heavy atom. The lowest BCUT2D eigenvalue weighted by molar-refractivity contribution is 0.243. The largest absolute Gasteiger partial charge is 0.496 e. The van der Waals surface area contributed by atoms with Gasteiger partial charge in [0.05, 0.1) is 19.0 Å². The van der Waals surface area contributed by atoms with Crippen LogP contribution in [0.1, 0.15) is 24.2 Å². The second-order valence-electron chi connectivity index (χ2n) is 5.37. The number of aromatic nitrogens is 3. The molecule has 0 N–H and O–H groups in total. The van der Waals surface area contributed by atoms with Gasteiger partial charge in [-0.1, -0.05) is 18.2 Å². The smallest absolute Gasteiger partial charge is 0.233 e. The Hall–Kier alpha value is -2.40. The van der Waals surface area contributed by atoms with Gasteiger partial charge in [-0.2, -0.15) is 0 Å². The van der Waals surface area contributed by atoms with Crippen molar-refractivity contribution in [3.8, 4) is 5.75 Å². The fraction of sp³-hybridized carbons (Fsp3) is 0.294. The van der Waals surface area contributed by atoms with Crippen molar-refractivity contribution >= 4 is 5.78 Å². The summed E-state index contributed by atoms with van der Waals surface area (Å²) in [7, 11) is 3.81. The highest BCUT2D eigenvalue weighted by atomic mass is 16.5. The van der Waals surface area contributed by atoms with Crippen LogP contribution in [0.15, 0.2) is 48.9 Å². The number of nitrogens with zero attached hydrogens (tertiary/aromatic N) is 4. The molecule has 0 spiro atoms. The van der Waals surface area contributed by atoms with Crippen molar-refractivity contribution in [2.24, 2.45) is 0 Å². The number of fused-ring (bicyclic) bond motifs is 1. The molecule has 0 bridgehead atoms. The lowest BCUT2D eigenvalue weighted by atomic mass is 10.1. The van der Waals surface area contributed by atoms with Crippen LogP contribution in [0.4, 0.5) is 0 Å². The first kappa shape index (κ1) is 14.5. The van der Waals surface area contributed by atoms with Gasteiger partial charge in [0.2, 0.25) is 5.78 Å². The normalized spacial score (nSPS) is 12.7. The summed E-state index contributed by atoms with van der Waals surface area (Å²) in [6.45, 7) is 2.96. The van der Waals surface area contributed by atoms with Crippen molar-refractivity contribution < 1.29 is 4.74 Å². The predicted octanol–water partition coefficient (Wildman–Crippen LogP) is 2.93. The Morgan fingerprint density at radius 1 is 1.23 bits per heavy atom. The van der Waals surface area contributed by atoms with Gasteiger partial charge in [-0.25, -0.2) is 9.97 Å². The number of imidazole rings is 1. The van der Waals surface area contributed by atoms with Crippen LogP contribution in [-0.4, -0.2) is 33.4 Å². The Labute approximate surface area is 130 Å².